The van der Waals surface area contributed by atoms with E-state index >= 15 is 0 Å². The summed E-state index contributed by atoms with van der Waals surface area (Å²) in [6.07, 6.45) is -4.73. The fraction of sp³-hybridized carbons (Fsp3) is 0.250. The Balaban J connectivity index is 1.94. The van der Waals surface area contributed by atoms with E-state index in [0.717, 1.165) is 11.3 Å². The molecule has 1 heterocycles. The highest BCUT2D eigenvalue weighted by molar-refractivity contribution is 7.80. The zero-order chi connectivity index (χ0) is 18.6. The number of aromatic nitrogens is 1. The van der Waals surface area contributed by atoms with Crippen LogP contribution in [0.4, 0.5) is 18.9 Å². The SMILES string of the molecule is Cc1cc(C)c(CNC(=S)Nc2ccc(OC(F)(F)F)cc2)c(=O)[nH]1. The standard InChI is InChI=1S/C16H16F3N3O2S/c1-9-7-10(2)21-14(23)13(9)8-20-15(25)22-11-3-5-12(6-4-11)24-16(17,18)19/h3-7H,8H2,1-2H3,(H,21,23)(H2,20,22,25). The number of ether oxygens (including phenoxy) is 1. The number of hydrogen-bond donors (Lipinski definition) is 3. The number of hydrogen-bond acceptors (Lipinski definition) is 3. The molecule has 1 aromatic carbocycles. The second-order valence-electron chi connectivity index (χ2n) is 5.32. The minimum atomic E-state index is -4.73. The fourth-order valence-electron chi connectivity index (χ4n) is 2.19. The average Bonchev–Trinajstić information content (AvgIpc) is 2.46. The van der Waals surface area contributed by atoms with Crippen molar-refractivity contribution in [2.75, 3.05) is 5.32 Å². The third-order valence-electron chi connectivity index (χ3n) is 3.27. The van der Waals surface area contributed by atoms with Crippen LogP contribution in [0.1, 0.15) is 16.8 Å². The molecule has 0 saturated heterocycles. The zero-order valence-electron chi connectivity index (χ0n) is 13.5. The maximum atomic E-state index is 12.1. The molecule has 0 spiro atoms. The Morgan fingerprint density at radius 1 is 1.24 bits per heavy atom. The molecule has 25 heavy (non-hydrogen) atoms. The van der Waals surface area contributed by atoms with Gasteiger partial charge in [0.05, 0.1) is 0 Å². The fourth-order valence-corrected chi connectivity index (χ4v) is 2.38. The number of rotatable bonds is 4. The van der Waals surface area contributed by atoms with Gasteiger partial charge in [-0.1, -0.05) is 0 Å². The first-order valence-electron chi connectivity index (χ1n) is 7.24. The first-order chi connectivity index (χ1) is 11.6. The van der Waals surface area contributed by atoms with Crippen molar-refractivity contribution >= 4 is 23.0 Å². The predicted octanol–water partition coefficient (Wildman–Crippen LogP) is 3.38. The molecule has 2 aromatic rings. The summed E-state index contributed by atoms with van der Waals surface area (Å²) in [5, 5.41) is 5.95. The number of aryl methyl sites for hydroxylation is 2. The van der Waals surface area contributed by atoms with E-state index < -0.39 is 6.36 Å². The van der Waals surface area contributed by atoms with Crippen molar-refractivity contribution in [3.8, 4) is 5.75 Å². The molecule has 0 aliphatic rings. The molecule has 2 rings (SSSR count). The number of benzene rings is 1. The number of alkyl halides is 3. The van der Waals surface area contributed by atoms with Gasteiger partial charge in [-0.05, 0) is 62.0 Å². The van der Waals surface area contributed by atoms with Crippen LogP contribution in [0.15, 0.2) is 35.1 Å². The highest BCUT2D eigenvalue weighted by Crippen LogP contribution is 2.23. The lowest BCUT2D eigenvalue weighted by molar-refractivity contribution is -0.274. The van der Waals surface area contributed by atoms with Crippen molar-refractivity contribution in [1.82, 2.24) is 10.3 Å². The monoisotopic (exact) mass is 371 g/mol. The number of aromatic amines is 1. The summed E-state index contributed by atoms with van der Waals surface area (Å²) in [6.45, 7) is 3.85. The van der Waals surface area contributed by atoms with E-state index in [2.05, 4.69) is 20.4 Å². The lowest BCUT2D eigenvalue weighted by Crippen LogP contribution is -2.31. The van der Waals surface area contributed by atoms with E-state index in [4.69, 9.17) is 12.2 Å². The van der Waals surface area contributed by atoms with Crippen molar-refractivity contribution in [1.29, 1.82) is 0 Å². The van der Waals surface area contributed by atoms with Gasteiger partial charge >= 0.3 is 6.36 Å². The first-order valence-corrected chi connectivity index (χ1v) is 7.65. The van der Waals surface area contributed by atoms with E-state index in [-0.39, 0.29) is 23.0 Å². The zero-order valence-corrected chi connectivity index (χ0v) is 14.3. The van der Waals surface area contributed by atoms with Gasteiger partial charge in [0.2, 0.25) is 0 Å². The largest absolute Gasteiger partial charge is 0.573 e. The summed E-state index contributed by atoms with van der Waals surface area (Å²) in [4.78, 5) is 14.6. The normalized spacial score (nSPS) is 11.1. The minimum absolute atomic E-state index is 0.193. The second kappa shape index (κ2) is 7.56. The molecule has 0 radical (unpaired) electrons. The Morgan fingerprint density at radius 3 is 2.44 bits per heavy atom. The van der Waals surface area contributed by atoms with Gasteiger partial charge in [-0.25, -0.2) is 0 Å². The number of thiocarbonyl (C=S) groups is 1. The first kappa shape index (κ1) is 18.8. The van der Waals surface area contributed by atoms with Crippen LogP contribution >= 0.6 is 12.2 Å². The lowest BCUT2D eigenvalue weighted by Gasteiger charge is -2.13. The van der Waals surface area contributed by atoms with Crippen molar-refractivity contribution in [3.05, 3.63) is 57.5 Å². The van der Waals surface area contributed by atoms with Crippen LogP contribution in [-0.4, -0.2) is 16.5 Å². The maximum Gasteiger partial charge on any atom is 0.573 e. The molecule has 0 amide bonds. The Labute approximate surface area is 147 Å². The molecule has 0 unspecified atom stereocenters. The van der Waals surface area contributed by atoms with Gasteiger partial charge in [0.25, 0.3) is 5.56 Å². The molecule has 0 aliphatic heterocycles. The van der Waals surface area contributed by atoms with Crippen LogP contribution in [0.3, 0.4) is 0 Å². The third kappa shape index (κ3) is 5.79. The summed E-state index contributed by atoms with van der Waals surface area (Å²) < 4.78 is 40.1. The maximum absolute atomic E-state index is 12.1. The van der Waals surface area contributed by atoms with Crippen LogP contribution in [-0.2, 0) is 6.54 Å². The summed E-state index contributed by atoms with van der Waals surface area (Å²) in [5.41, 5.74) is 2.46. The molecule has 1 aromatic heterocycles. The van der Waals surface area contributed by atoms with Crippen LogP contribution in [0.2, 0.25) is 0 Å². The van der Waals surface area contributed by atoms with Gasteiger partial charge in [-0.2, -0.15) is 0 Å². The Morgan fingerprint density at radius 2 is 1.88 bits per heavy atom. The van der Waals surface area contributed by atoms with Crippen LogP contribution in [0.25, 0.3) is 0 Å². The topological polar surface area (TPSA) is 66.2 Å². The molecule has 0 aliphatic carbocycles. The summed E-state index contributed by atoms with van der Waals surface area (Å²) in [7, 11) is 0. The van der Waals surface area contributed by atoms with E-state index in [1.54, 1.807) is 6.92 Å². The van der Waals surface area contributed by atoms with E-state index in [1.807, 2.05) is 13.0 Å². The molecule has 9 heteroatoms. The average molecular weight is 371 g/mol. The number of halogens is 3. The van der Waals surface area contributed by atoms with E-state index in [9.17, 15) is 18.0 Å². The quantitative estimate of drug-likeness (QED) is 0.719. The van der Waals surface area contributed by atoms with Gasteiger partial charge in [0.15, 0.2) is 5.11 Å². The van der Waals surface area contributed by atoms with E-state index in [1.165, 1.54) is 24.3 Å². The number of anilines is 1. The Bertz CT molecular complexity index is 817. The minimum Gasteiger partial charge on any atom is -0.406 e. The van der Waals surface area contributed by atoms with Crippen LogP contribution in [0.5, 0.6) is 5.75 Å². The third-order valence-corrected chi connectivity index (χ3v) is 3.51. The number of H-pyrrole nitrogens is 1. The van der Waals surface area contributed by atoms with Gasteiger partial charge in [0, 0.05) is 23.5 Å². The molecular formula is C16H16F3N3O2S. The Kier molecular flexibility index (Phi) is 5.68. The Hall–Kier alpha value is -2.55. The summed E-state index contributed by atoms with van der Waals surface area (Å²) in [6, 6.07) is 7.01. The van der Waals surface area contributed by atoms with Gasteiger partial charge in [0.1, 0.15) is 5.75 Å². The summed E-state index contributed by atoms with van der Waals surface area (Å²) in [5.74, 6) is -0.321. The van der Waals surface area contributed by atoms with Crippen molar-refractivity contribution in [3.63, 3.8) is 0 Å². The van der Waals surface area contributed by atoms with Gasteiger partial charge in [-0.15, -0.1) is 13.2 Å². The summed E-state index contributed by atoms with van der Waals surface area (Å²) >= 11 is 5.12. The second-order valence-corrected chi connectivity index (χ2v) is 5.73. The number of pyridine rings is 1. The predicted molar refractivity (Wildman–Crippen MR) is 92.7 cm³/mol. The van der Waals surface area contributed by atoms with Crippen molar-refractivity contribution in [2.24, 2.45) is 0 Å². The van der Waals surface area contributed by atoms with Crippen LogP contribution < -0.4 is 20.9 Å². The van der Waals surface area contributed by atoms with Crippen molar-refractivity contribution < 1.29 is 17.9 Å². The molecule has 0 fully saturated rings. The highest BCUT2D eigenvalue weighted by Gasteiger charge is 2.30. The highest BCUT2D eigenvalue weighted by atomic mass is 32.1. The molecule has 0 atom stereocenters. The van der Waals surface area contributed by atoms with Crippen LogP contribution in [0, 0.1) is 13.8 Å². The molecule has 0 bridgehead atoms. The van der Waals surface area contributed by atoms with E-state index in [0.29, 0.717) is 11.3 Å². The molecule has 134 valence electrons. The molecule has 3 N–H and O–H groups in total. The van der Waals surface area contributed by atoms with Gasteiger partial charge in [-0.3, -0.25) is 4.79 Å². The van der Waals surface area contributed by atoms with Gasteiger partial charge < -0.3 is 20.4 Å². The lowest BCUT2D eigenvalue weighted by atomic mass is 10.1. The molecule has 0 saturated carbocycles. The molecular weight excluding hydrogens is 355 g/mol. The smallest absolute Gasteiger partial charge is 0.406 e. The number of nitrogens with one attached hydrogen (secondary N) is 3. The van der Waals surface area contributed by atoms with Crippen molar-refractivity contribution in [2.45, 2.75) is 26.8 Å². The molecule has 5 nitrogen and oxygen atoms in total.